The normalized spacial score (nSPS) is 10.5. The molecule has 1 heterocycles. The third kappa shape index (κ3) is 3.77. The highest BCUT2D eigenvalue weighted by Crippen LogP contribution is 2.28. The molecular formula is C17H12BrClN2O2S. The second-order valence-corrected chi connectivity index (χ2v) is 7.05. The van der Waals surface area contributed by atoms with Crippen LogP contribution in [0.5, 0.6) is 5.75 Å². The summed E-state index contributed by atoms with van der Waals surface area (Å²) in [4.78, 5) is 16.9. The first-order chi connectivity index (χ1) is 11.6. The van der Waals surface area contributed by atoms with Crippen molar-refractivity contribution in [2.24, 2.45) is 0 Å². The second kappa shape index (κ2) is 7.34. The molecule has 0 aliphatic heterocycles. The van der Waals surface area contributed by atoms with Crippen LogP contribution in [0.4, 0.5) is 5.13 Å². The number of nitrogens with zero attached hydrogens (tertiary/aromatic N) is 1. The summed E-state index contributed by atoms with van der Waals surface area (Å²) in [5, 5.41) is 5.66. The van der Waals surface area contributed by atoms with Crippen molar-refractivity contribution < 1.29 is 9.53 Å². The fraction of sp³-hybridized carbons (Fsp3) is 0.0588. The van der Waals surface area contributed by atoms with Crippen LogP contribution in [0.1, 0.15) is 10.4 Å². The summed E-state index contributed by atoms with van der Waals surface area (Å²) < 4.78 is 6.21. The van der Waals surface area contributed by atoms with E-state index >= 15 is 0 Å². The first-order valence-electron chi connectivity index (χ1n) is 6.93. The molecule has 3 aromatic rings. The Morgan fingerprint density at radius 2 is 2.00 bits per heavy atom. The third-order valence-corrected chi connectivity index (χ3v) is 4.79. The lowest BCUT2D eigenvalue weighted by atomic mass is 10.2. The van der Waals surface area contributed by atoms with E-state index in [-0.39, 0.29) is 5.91 Å². The van der Waals surface area contributed by atoms with E-state index in [1.807, 2.05) is 29.6 Å². The first kappa shape index (κ1) is 17.0. The van der Waals surface area contributed by atoms with Crippen molar-refractivity contribution in [1.82, 2.24) is 4.98 Å². The van der Waals surface area contributed by atoms with Gasteiger partial charge in [-0.15, -0.1) is 11.3 Å². The molecule has 0 aliphatic rings. The molecular weight excluding hydrogens is 412 g/mol. The van der Waals surface area contributed by atoms with Gasteiger partial charge >= 0.3 is 0 Å². The number of carbonyl (C=O) groups is 1. The van der Waals surface area contributed by atoms with Crippen molar-refractivity contribution in [2.75, 3.05) is 12.4 Å². The van der Waals surface area contributed by atoms with E-state index < -0.39 is 0 Å². The Kier molecular flexibility index (Phi) is 5.18. The van der Waals surface area contributed by atoms with Crippen LogP contribution in [0.15, 0.2) is 52.3 Å². The van der Waals surface area contributed by atoms with Crippen LogP contribution in [-0.4, -0.2) is 18.0 Å². The van der Waals surface area contributed by atoms with Crippen molar-refractivity contribution in [1.29, 1.82) is 0 Å². The maximum Gasteiger partial charge on any atom is 0.261 e. The van der Waals surface area contributed by atoms with Crippen LogP contribution in [0.3, 0.4) is 0 Å². The topological polar surface area (TPSA) is 51.2 Å². The number of methoxy groups -OCH3 is 1. The highest BCUT2D eigenvalue weighted by atomic mass is 79.9. The zero-order chi connectivity index (χ0) is 17.1. The maximum absolute atomic E-state index is 12.4. The summed E-state index contributed by atoms with van der Waals surface area (Å²) in [5.41, 5.74) is 2.15. The standard InChI is InChI=1S/C17H12BrClN2O2S/c1-23-15-7-6-12(19)8-13(15)16(22)21-17-20-14(9-24-17)10-2-4-11(18)5-3-10/h2-9H,1H3,(H,20,21,22). The van der Waals surface area contributed by atoms with Crippen LogP contribution in [0.25, 0.3) is 11.3 Å². The van der Waals surface area contributed by atoms with E-state index in [0.29, 0.717) is 21.5 Å². The molecule has 24 heavy (non-hydrogen) atoms. The summed E-state index contributed by atoms with van der Waals surface area (Å²) >= 11 is 10.7. The molecule has 0 spiro atoms. The predicted octanol–water partition coefficient (Wildman–Crippen LogP) is 5.49. The number of aromatic nitrogens is 1. The van der Waals surface area contributed by atoms with Gasteiger partial charge in [0, 0.05) is 20.4 Å². The molecule has 0 radical (unpaired) electrons. The van der Waals surface area contributed by atoms with Gasteiger partial charge in [-0.25, -0.2) is 4.98 Å². The number of hydrogen-bond donors (Lipinski definition) is 1. The average molecular weight is 424 g/mol. The minimum atomic E-state index is -0.314. The Hall–Kier alpha value is -1.89. The fourth-order valence-corrected chi connectivity index (χ4v) is 3.26. The summed E-state index contributed by atoms with van der Waals surface area (Å²) in [6.07, 6.45) is 0. The minimum absolute atomic E-state index is 0.314. The molecule has 1 aromatic heterocycles. The largest absolute Gasteiger partial charge is 0.496 e. The fourth-order valence-electron chi connectivity index (χ4n) is 2.11. The molecule has 1 amide bonds. The number of thiazole rings is 1. The van der Waals surface area contributed by atoms with Gasteiger partial charge in [0.2, 0.25) is 0 Å². The Balaban J connectivity index is 1.81. The van der Waals surface area contributed by atoms with Gasteiger partial charge in [0.05, 0.1) is 18.4 Å². The smallest absolute Gasteiger partial charge is 0.261 e. The zero-order valence-electron chi connectivity index (χ0n) is 12.5. The van der Waals surface area contributed by atoms with E-state index in [9.17, 15) is 4.79 Å². The molecule has 0 atom stereocenters. The zero-order valence-corrected chi connectivity index (χ0v) is 15.7. The summed E-state index contributed by atoms with van der Waals surface area (Å²) in [6, 6.07) is 12.7. The maximum atomic E-state index is 12.4. The second-order valence-electron chi connectivity index (χ2n) is 4.84. The highest BCUT2D eigenvalue weighted by Gasteiger charge is 2.15. The quantitative estimate of drug-likeness (QED) is 0.604. The molecule has 3 rings (SSSR count). The van der Waals surface area contributed by atoms with Gasteiger partial charge in [-0.2, -0.15) is 0 Å². The van der Waals surface area contributed by atoms with Crippen molar-refractivity contribution >= 4 is 49.9 Å². The average Bonchev–Trinajstić information content (AvgIpc) is 3.04. The van der Waals surface area contributed by atoms with Crippen molar-refractivity contribution in [3.8, 4) is 17.0 Å². The number of hydrogen-bond acceptors (Lipinski definition) is 4. The molecule has 2 aromatic carbocycles. The van der Waals surface area contributed by atoms with E-state index in [1.54, 1.807) is 18.2 Å². The molecule has 0 aliphatic carbocycles. The van der Waals surface area contributed by atoms with Gasteiger partial charge in [-0.1, -0.05) is 39.7 Å². The molecule has 7 heteroatoms. The molecule has 0 saturated carbocycles. The number of ether oxygens (including phenoxy) is 1. The minimum Gasteiger partial charge on any atom is -0.496 e. The number of amides is 1. The van der Waals surface area contributed by atoms with Gasteiger partial charge in [-0.3, -0.25) is 10.1 Å². The Bertz CT molecular complexity index is 881. The Morgan fingerprint density at radius 1 is 1.25 bits per heavy atom. The number of nitrogens with one attached hydrogen (secondary N) is 1. The first-order valence-corrected chi connectivity index (χ1v) is 8.98. The van der Waals surface area contributed by atoms with Gasteiger partial charge in [-0.05, 0) is 30.3 Å². The molecule has 4 nitrogen and oxygen atoms in total. The lowest BCUT2D eigenvalue weighted by Crippen LogP contribution is -2.13. The highest BCUT2D eigenvalue weighted by molar-refractivity contribution is 9.10. The molecule has 0 saturated heterocycles. The number of rotatable bonds is 4. The number of carbonyl (C=O) groups excluding carboxylic acids is 1. The van der Waals surface area contributed by atoms with E-state index in [2.05, 4.69) is 26.2 Å². The Morgan fingerprint density at radius 3 is 2.71 bits per heavy atom. The predicted molar refractivity (Wildman–Crippen MR) is 101 cm³/mol. The van der Waals surface area contributed by atoms with Crippen molar-refractivity contribution in [3.05, 3.63) is 62.9 Å². The van der Waals surface area contributed by atoms with Crippen LogP contribution in [-0.2, 0) is 0 Å². The van der Waals surface area contributed by atoms with E-state index in [0.717, 1.165) is 15.7 Å². The molecule has 0 unspecified atom stereocenters. The number of anilines is 1. The van der Waals surface area contributed by atoms with Gasteiger partial charge in [0.15, 0.2) is 5.13 Å². The van der Waals surface area contributed by atoms with Crippen molar-refractivity contribution in [2.45, 2.75) is 0 Å². The lowest BCUT2D eigenvalue weighted by Gasteiger charge is -2.08. The van der Waals surface area contributed by atoms with E-state index in [1.165, 1.54) is 18.4 Å². The summed E-state index contributed by atoms with van der Waals surface area (Å²) in [7, 11) is 1.51. The lowest BCUT2D eigenvalue weighted by molar-refractivity contribution is 0.102. The molecule has 1 N–H and O–H groups in total. The molecule has 0 bridgehead atoms. The Labute approximate surface area is 156 Å². The molecule has 0 fully saturated rings. The van der Waals surface area contributed by atoms with Gasteiger partial charge < -0.3 is 4.74 Å². The molecule has 122 valence electrons. The van der Waals surface area contributed by atoms with Gasteiger partial charge in [0.1, 0.15) is 5.75 Å². The van der Waals surface area contributed by atoms with E-state index in [4.69, 9.17) is 16.3 Å². The SMILES string of the molecule is COc1ccc(Cl)cc1C(=O)Nc1nc(-c2ccc(Br)cc2)cs1. The van der Waals surface area contributed by atoms with Crippen molar-refractivity contribution in [3.63, 3.8) is 0 Å². The third-order valence-electron chi connectivity index (χ3n) is 3.27. The summed E-state index contributed by atoms with van der Waals surface area (Å²) in [6.45, 7) is 0. The van der Waals surface area contributed by atoms with Crippen LogP contribution in [0, 0.1) is 0 Å². The van der Waals surface area contributed by atoms with Crippen LogP contribution in [0.2, 0.25) is 5.02 Å². The van der Waals surface area contributed by atoms with Crippen LogP contribution < -0.4 is 10.1 Å². The van der Waals surface area contributed by atoms with Crippen LogP contribution >= 0.6 is 38.9 Å². The summed E-state index contributed by atoms with van der Waals surface area (Å²) in [5.74, 6) is 0.146. The van der Waals surface area contributed by atoms with Gasteiger partial charge in [0.25, 0.3) is 5.91 Å². The monoisotopic (exact) mass is 422 g/mol. The number of benzene rings is 2. The number of halogens is 2.